The number of esters is 2. The Bertz CT molecular complexity index is 1770. The highest BCUT2D eigenvalue weighted by molar-refractivity contribution is 6.20. The molecule has 8 heteroatoms. The molecule has 0 aliphatic heterocycles. The maximum Gasteiger partial charge on any atom is 0.506 e. The summed E-state index contributed by atoms with van der Waals surface area (Å²) in [5.41, 5.74) is 0.330. The molecule has 0 spiro atoms. The zero-order chi connectivity index (χ0) is 38.2. The SMILES string of the molecule is CC(C(=O)OCc1ccccc1)C(C)(C)C(C)(C)CC(C)(C(=O)Oc1ccc(-c2ccccc2)cc1)C(C)(C)CC(C(=O)OBO)c1ccccc1. The molecule has 0 bridgehead atoms. The zero-order valence-corrected chi connectivity index (χ0v) is 31.8. The fraction of sp³-hybridized carbons (Fsp3) is 0.386. The van der Waals surface area contributed by atoms with Crippen LogP contribution in [0.15, 0.2) is 115 Å². The van der Waals surface area contributed by atoms with Gasteiger partial charge in [0.2, 0.25) is 0 Å². The second-order valence-electron chi connectivity index (χ2n) is 15.9. The van der Waals surface area contributed by atoms with Gasteiger partial charge >= 0.3 is 19.6 Å². The predicted molar refractivity (Wildman–Crippen MR) is 206 cm³/mol. The van der Waals surface area contributed by atoms with E-state index in [9.17, 15) is 19.4 Å². The molecule has 7 nitrogen and oxygen atoms in total. The van der Waals surface area contributed by atoms with Gasteiger partial charge in [-0.1, -0.05) is 152 Å². The van der Waals surface area contributed by atoms with E-state index in [0.29, 0.717) is 12.2 Å². The molecule has 0 aromatic heterocycles. The quantitative estimate of drug-likeness (QED) is 0.0706. The van der Waals surface area contributed by atoms with Crippen LogP contribution in [0.25, 0.3) is 11.1 Å². The van der Waals surface area contributed by atoms with Crippen LogP contribution in [0.2, 0.25) is 0 Å². The van der Waals surface area contributed by atoms with E-state index in [0.717, 1.165) is 22.3 Å². The van der Waals surface area contributed by atoms with Crippen LogP contribution in [0.5, 0.6) is 5.75 Å². The highest BCUT2D eigenvalue weighted by Crippen LogP contribution is 2.57. The standard InChI is InChI=1S/C44H53BO7/c1-31(38(46)50-29-32-18-12-9-13-19-32)43(6,7)42(4,5)30-44(8,40(48)51-36-26-24-34(25-27-36)33-20-14-10-15-21-33)41(2,3)28-37(39(47)52-45-49)35-22-16-11-17-23-35/h9-27,31,37,45,49H,28-30H2,1-8H3. The summed E-state index contributed by atoms with van der Waals surface area (Å²) in [7, 11) is -0.750. The molecular formula is C44H53BO7. The average molecular weight is 705 g/mol. The van der Waals surface area contributed by atoms with Crippen LogP contribution in [0.1, 0.15) is 85.3 Å². The highest BCUT2D eigenvalue weighted by Gasteiger charge is 2.56. The van der Waals surface area contributed by atoms with Crippen molar-refractivity contribution in [3.8, 4) is 16.9 Å². The first-order valence-electron chi connectivity index (χ1n) is 17.9. The molecule has 4 rings (SSSR count). The van der Waals surface area contributed by atoms with Crippen LogP contribution in [0, 0.1) is 27.6 Å². The predicted octanol–water partition coefficient (Wildman–Crippen LogP) is 9.09. The van der Waals surface area contributed by atoms with Gasteiger partial charge in [0, 0.05) is 0 Å². The van der Waals surface area contributed by atoms with Crippen molar-refractivity contribution < 1.29 is 33.5 Å². The number of rotatable bonds is 16. The molecule has 0 saturated heterocycles. The maximum atomic E-state index is 14.7. The summed E-state index contributed by atoms with van der Waals surface area (Å²) >= 11 is 0. The van der Waals surface area contributed by atoms with Crippen LogP contribution < -0.4 is 4.74 Å². The van der Waals surface area contributed by atoms with Crippen molar-refractivity contribution in [2.75, 3.05) is 0 Å². The van der Waals surface area contributed by atoms with Gasteiger partial charge in [0.05, 0.1) is 17.3 Å². The zero-order valence-electron chi connectivity index (χ0n) is 31.8. The van der Waals surface area contributed by atoms with Crippen molar-refractivity contribution in [1.82, 2.24) is 0 Å². The van der Waals surface area contributed by atoms with Crippen molar-refractivity contribution in [3.05, 3.63) is 126 Å². The van der Waals surface area contributed by atoms with Crippen molar-refractivity contribution in [1.29, 1.82) is 0 Å². The molecule has 0 aliphatic carbocycles. The molecule has 0 saturated carbocycles. The van der Waals surface area contributed by atoms with E-state index < -0.39 is 53.1 Å². The fourth-order valence-electron chi connectivity index (χ4n) is 6.92. The second kappa shape index (κ2) is 16.8. The van der Waals surface area contributed by atoms with E-state index in [1.54, 1.807) is 12.1 Å². The second-order valence-corrected chi connectivity index (χ2v) is 15.9. The van der Waals surface area contributed by atoms with Crippen LogP contribution in [0.3, 0.4) is 0 Å². The third-order valence-electron chi connectivity index (χ3n) is 11.7. The Hall–Kier alpha value is -4.69. The third-order valence-corrected chi connectivity index (χ3v) is 11.7. The number of benzene rings is 4. The van der Waals surface area contributed by atoms with Crippen LogP contribution in [0.4, 0.5) is 0 Å². The third kappa shape index (κ3) is 9.21. The van der Waals surface area contributed by atoms with Gasteiger partial charge in [0.15, 0.2) is 0 Å². The fourth-order valence-corrected chi connectivity index (χ4v) is 6.92. The normalized spacial score (nSPS) is 14.3. The number of carbonyl (C=O) groups excluding carboxylic acids is 3. The lowest BCUT2D eigenvalue weighted by atomic mass is 9.51. The van der Waals surface area contributed by atoms with E-state index in [1.807, 2.05) is 145 Å². The Kier molecular flexibility index (Phi) is 12.9. The van der Waals surface area contributed by atoms with Gasteiger partial charge in [-0.05, 0) is 70.4 Å². The largest absolute Gasteiger partial charge is 0.512 e. The molecule has 3 unspecified atom stereocenters. The summed E-state index contributed by atoms with van der Waals surface area (Å²) in [6.07, 6.45) is 0.535. The maximum absolute atomic E-state index is 14.7. The molecule has 1 N–H and O–H groups in total. The Labute approximate surface area is 310 Å². The summed E-state index contributed by atoms with van der Waals surface area (Å²) in [5.74, 6) is -2.22. The first-order chi connectivity index (χ1) is 24.5. The molecule has 0 heterocycles. The lowest BCUT2D eigenvalue weighted by Gasteiger charge is -2.52. The number of hydrogen-bond donors (Lipinski definition) is 1. The first kappa shape index (κ1) is 40.1. The molecule has 3 atom stereocenters. The minimum atomic E-state index is -1.19. The first-order valence-corrected chi connectivity index (χ1v) is 17.9. The highest BCUT2D eigenvalue weighted by atomic mass is 16.6. The smallest absolute Gasteiger partial charge is 0.506 e. The molecule has 0 radical (unpaired) electrons. The van der Waals surface area contributed by atoms with Crippen LogP contribution >= 0.6 is 0 Å². The number of hydrogen-bond acceptors (Lipinski definition) is 7. The molecule has 4 aromatic rings. The molecular weight excluding hydrogens is 651 g/mol. The summed E-state index contributed by atoms with van der Waals surface area (Å²) in [6.45, 7) is 16.1. The van der Waals surface area contributed by atoms with Crippen LogP contribution in [-0.4, -0.2) is 30.6 Å². The Morgan fingerprint density at radius 1 is 0.673 bits per heavy atom. The summed E-state index contributed by atoms with van der Waals surface area (Å²) in [4.78, 5) is 41.7. The molecule has 52 heavy (non-hydrogen) atoms. The Balaban J connectivity index is 1.69. The Morgan fingerprint density at radius 3 is 1.75 bits per heavy atom. The lowest BCUT2D eigenvalue weighted by Crippen LogP contribution is -2.52. The van der Waals surface area contributed by atoms with Crippen molar-refractivity contribution >= 4 is 25.6 Å². The molecule has 0 aliphatic rings. The van der Waals surface area contributed by atoms with E-state index in [1.165, 1.54) is 0 Å². The van der Waals surface area contributed by atoms with Gasteiger partial charge < -0.3 is 19.2 Å². The number of carbonyl (C=O) groups is 3. The molecule has 0 fully saturated rings. The monoisotopic (exact) mass is 704 g/mol. The minimum Gasteiger partial charge on any atom is -0.512 e. The summed E-state index contributed by atoms with van der Waals surface area (Å²) < 4.78 is 17.1. The summed E-state index contributed by atoms with van der Waals surface area (Å²) in [6, 6.07) is 36.2. The minimum absolute atomic E-state index is 0.172. The van der Waals surface area contributed by atoms with E-state index in [4.69, 9.17) is 14.1 Å². The topological polar surface area (TPSA) is 99.1 Å². The lowest BCUT2D eigenvalue weighted by molar-refractivity contribution is -0.165. The van der Waals surface area contributed by atoms with Gasteiger partial charge in [-0.15, -0.1) is 0 Å². The van der Waals surface area contributed by atoms with Gasteiger partial charge in [-0.25, -0.2) is 0 Å². The Morgan fingerprint density at radius 2 is 1.19 bits per heavy atom. The van der Waals surface area contributed by atoms with Gasteiger partial charge in [-0.3, -0.25) is 14.4 Å². The van der Waals surface area contributed by atoms with Crippen molar-refractivity contribution in [3.63, 3.8) is 0 Å². The van der Waals surface area contributed by atoms with Gasteiger partial charge in [0.1, 0.15) is 12.4 Å². The van der Waals surface area contributed by atoms with Crippen molar-refractivity contribution in [2.24, 2.45) is 27.6 Å². The number of ether oxygens (including phenoxy) is 2. The molecule has 274 valence electrons. The van der Waals surface area contributed by atoms with Gasteiger partial charge in [0.25, 0.3) is 5.97 Å². The van der Waals surface area contributed by atoms with E-state index >= 15 is 0 Å². The average Bonchev–Trinajstić information content (AvgIpc) is 3.13. The van der Waals surface area contributed by atoms with E-state index in [2.05, 4.69) is 13.8 Å². The van der Waals surface area contributed by atoms with Crippen molar-refractivity contribution in [2.45, 2.75) is 80.8 Å². The van der Waals surface area contributed by atoms with Crippen LogP contribution in [-0.2, 0) is 30.4 Å². The molecule has 0 amide bonds. The van der Waals surface area contributed by atoms with E-state index in [-0.39, 0.29) is 19.0 Å². The molecule has 4 aromatic carbocycles. The van der Waals surface area contributed by atoms with Gasteiger partial charge in [-0.2, -0.15) is 0 Å². The summed E-state index contributed by atoms with van der Waals surface area (Å²) in [5, 5.41) is 9.52.